The molecule has 1 fully saturated rings. The number of hydrogen-bond donors (Lipinski definition) is 1. The van der Waals surface area contributed by atoms with E-state index in [0.29, 0.717) is 31.6 Å². The number of amides is 1. The van der Waals surface area contributed by atoms with Crippen LogP contribution in [0.15, 0.2) is 29.2 Å². The molecule has 0 atom stereocenters. The van der Waals surface area contributed by atoms with Gasteiger partial charge in [-0.15, -0.1) is 0 Å². The highest BCUT2D eigenvalue weighted by Crippen LogP contribution is 2.18. The van der Waals surface area contributed by atoms with Crippen molar-refractivity contribution >= 4 is 21.9 Å². The van der Waals surface area contributed by atoms with Gasteiger partial charge >= 0.3 is 5.97 Å². The van der Waals surface area contributed by atoms with Crippen LogP contribution in [-0.2, 0) is 35.6 Å². The minimum absolute atomic E-state index is 0.0247. The lowest BCUT2D eigenvalue weighted by Gasteiger charge is -2.20. The molecule has 1 heterocycles. The molecule has 1 aliphatic rings. The van der Waals surface area contributed by atoms with Crippen LogP contribution in [0.25, 0.3) is 0 Å². The largest absolute Gasteiger partial charge is 0.455 e. The molecule has 0 radical (unpaired) electrons. The van der Waals surface area contributed by atoms with Gasteiger partial charge in [-0.1, -0.05) is 18.2 Å². The van der Waals surface area contributed by atoms with Crippen molar-refractivity contribution in [1.82, 2.24) is 9.62 Å². The quantitative estimate of drug-likeness (QED) is 0.688. The number of rotatable bonds is 7. The van der Waals surface area contributed by atoms with Crippen LogP contribution < -0.4 is 5.32 Å². The summed E-state index contributed by atoms with van der Waals surface area (Å²) in [5.74, 6) is -1.12. The summed E-state index contributed by atoms with van der Waals surface area (Å²) >= 11 is 0. The number of sulfonamides is 1. The van der Waals surface area contributed by atoms with Gasteiger partial charge in [0.05, 0.1) is 10.8 Å². The third-order valence-electron chi connectivity index (χ3n) is 4.11. The number of nitrogens with one attached hydrogen (secondary N) is 1. The predicted molar refractivity (Wildman–Crippen MR) is 93.7 cm³/mol. The highest BCUT2D eigenvalue weighted by atomic mass is 32.2. The fourth-order valence-corrected chi connectivity index (χ4v) is 3.65. The van der Waals surface area contributed by atoms with Crippen LogP contribution in [-0.4, -0.2) is 58.5 Å². The third kappa shape index (κ3) is 5.26. The number of carbonyl (C=O) groups is 2. The van der Waals surface area contributed by atoms with Gasteiger partial charge in [0.25, 0.3) is 5.91 Å². The Bertz CT molecular complexity index is 741. The first kappa shape index (κ1) is 20.3. The van der Waals surface area contributed by atoms with Gasteiger partial charge in [-0.05, 0) is 24.5 Å². The summed E-state index contributed by atoms with van der Waals surface area (Å²) in [6.45, 7) is 0.669. The van der Waals surface area contributed by atoms with Crippen LogP contribution in [0.4, 0.5) is 0 Å². The molecule has 8 nitrogen and oxygen atoms in total. The maximum atomic E-state index is 12.3. The van der Waals surface area contributed by atoms with Crippen molar-refractivity contribution in [3.63, 3.8) is 0 Å². The van der Waals surface area contributed by atoms with E-state index in [0.717, 1.165) is 4.31 Å². The summed E-state index contributed by atoms with van der Waals surface area (Å²) in [7, 11) is -0.721. The van der Waals surface area contributed by atoms with Gasteiger partial charge in [-0.2, -0.15) is 0 Å². The van der Waals surface area contributed by atoms with Crippen molar-refractivity contribution in [3.8, 4) is 0 Å². The first-order chi connectivity index (χ1) is 12.3. The van der Waals surface area contributed by atoms with Crippen molar-refractivity contribution in [1.29, 1.82) is 0 Å². The molecule has 0 saturated carbocycles. The molecule has 1 saturated heterocycles. The van der Waals surface area contributed by atoms with Crippen LogP contribution in [0.2, 0.25) is 0 Å². The molecule has 26 heavy (non-hydrogen) atoms. The predicted octanol–water partition coefficient (Wildman–Crippen LogP) is 0.523. The second-order valence-electron chi connectivity index (χ2n) is 6.17. The summed E-state index contributed by atoms with van der Waals surface area (Å²) in [5, 5.41) is 2.58. The molecule has 144 valence electrons. The molecule has 2 rings (SSSR count). The topological polar surface area (TPSA) is 102 Å². The Balaban J connectivity index is 1.89. The van der Waals surface area contributed by atoms with Gasteiger partial charge < -0.3 is 14.8 Å². The fourth-order valence-electron chi connectivity index (χ4n) is 2.53. The second-order valence-corrected chi connectivity index (χ2v) is 8.29. The van der Waals surface area contributed by atoms with Crippen LogP contribution in [0.5, 0.6) is 0 Å². The summed E-state index contributed by atoms with van der Waals surface area (Å²) in [4.78, 5) is 23.9. The summed E-state index contributed by atoms with van der Waals surface area (Å²) in [6, 6.07) is 6.44. The standard InChI is InChI=1S/C17H24N2O6S/c1-19(2)26(22,23)15-6-4-3-5-14(15)11-18-16(20)12-25-17(21)13-7-9-24-10-8-13/h3-6,13H,7-12H2,1-2H3,(H,18,20). The van der Waals surface area contributed by atoms with E-state index in [1.54, 1.807) is 18.2 Å². The fraction of sp³-hybridized carbons (Fsp3) is 0.529. The van der Waals surface area contributed by atoms with Crippen LogP contribution >= 0.6 is 0 Å². The molecule has 9 heteroatoms. The van der Waals surface area contributed by atoms with Crippen molar-refractivity contribution in [2.75, 3.05) is 33.9 Å². The smallest absolute Gasteiger partial charge is 0.309 e. The molecule has 0 unspecified atom stereocenters. The zero-order valence-corrected chi connectivity index (χ0v) is 15.8. The number of nitrogens with zero attached hydrogens (tertiary/aromatic N) is 1. The molecule has 0 aromatic heterocycles. The van der Waals surface area contributed by atoms with Gasteiger partial charge in [0.15, 0.2) is 6.61 Å². The Hall–Kier alpha value is -1.97. The minimum Gasteiger partial charge on any atom is -0.455 e. The van der Waals surface area contributed by atoms with E-state index in [4.69, 9.17) is 9.47 Å². The molecule has 0 bridgehead atoms. The molecule has 1 N–H and O–H groups in total. The lowest BCUT2D eigenvalue weighted by atomic mass is 10.0. The SMILES string of the molecule is CN(C)S(=O)(=O)c1ccccc1CNC(=O)COC(=O)C1CCOCC1. The number of esters is 1. The second kappa shape index (κ2) is 9.11. The molecular weight excluding hydrogens is 360 g/mol. The van der Waals surface area contributed by atoms with E-state index in [-0.39, 0.29) is 17.4 Å². The lowest BCUT2D eigenvalue weighted by molar-refractivity contribution is -0.155. The molecule has 1 amide bonds. The number of hydrogen-bond acceptors (Lipinski definition) is 6. The molecule has 1 aliphatic heterocycles. The Morgan fingerprint density at radius 2 is 1.88 bits per heavy atom. The van der Waals surface area contributed by atoms with E-state index < -0.39 is 28.5 Å². The number of ether oxygens (including phenoxy) is 2. The van der Waals surface area contributed by atoms with E-state index >= 15 is 0 Å². The van der Waals surface area contributed by atoms with Crippen LogP contribution in [0.1, 0.15) is 18.4 Å². The molecule has 0 spiro atoms. The number of carbonyl (C=O) groups excluding carboxylic acids is 2. The summed E-state index contributed by atoms with van der Waals surface area (Å²) in [6.07, 6.45) is 1.19. The maximum absolute atomic E-state index is 12.3. The minimum atomic E-state index is -3.61. The average molecular weight is 384 g/mol. The first-order valence-electron chi connectivity index (χ1n) is 8.34. The monoisotopic (exact) mass is 384 g/mol. The highest BCUT2D eigenvalue weighted by molar-refractivity contribution is 7.89. The lowest BCUT2D eigenvalue weighted by Crippen LogP contribution is -2.32. The van der Waals surface area contributed by atoms with E-state index in [2.05, 4.69) is 5.32 Å². The summed E-state index contributed by atoms with van der Waals surface area (Å²) in [5.41, 5.74) is 0.463. The first-order valence-corrected chi connectivity index (χ1v) is 9.78. The Labute approximate surface area is 153 Å². The van der Waals surface area contributed by atoms with Gasteiger partial charge in [-0.3, -0.25) is 9.59 Å². The van der Waals surface area contributed by atoms with E-state index in [1.165, 1.54) is 20.2 Å². The zero-order valence-electron chi connectivity index (χ0n) is 14.9. The zero-order chi connectivity index (χ0) is 19.2. The Morgan fingerprint density at radius 3 is 2.54 bits per heavy atom. The van der Waals surface area contributed by atoms with Crippen molar-refractivity contribution in [3.05, 3.63) is 29.8 Å². The molecular formula is C17H24N2O6S. The molecule has 0 aliphatic carbocycles. The maximum Gasteiger partial charge on any atom is 0.309 e. The van der Waals surface area contributed by atoms with E-state index in [9.17, 15) is 18.0 Å². The molecule has 1 aromatic carbocycles. The average Bonchev–Trinajstić information content (AvgIpc) is 2.65. The Morgan fingerprint density at radius 1 is 1.23 bits per heavy atom. The Kier molecular flexibility index (Phi) is 7.13. The van der Waals surface area contributed by atoms with E-state index in [1.807, 2.05) is 0 Å². The third-order valence-corrected chi connectivity index (χ3v) is 6.02. The van der Waals surface area contributed by atoms with Crippen LogP contribution in [0, 0.1) is 5.92 Å². The van der Waals surface area contributed by atoms with Crippen molar-refractivity contribution < 1.29 is 27.5 Å². The van der Waals surface area contributed by atoms with Gasteiger partial charge in [0.1, 0.15) is 0 Å². The van der Waals surface area contributed by atoms with Crippen molar-refractivity contribution in [2.45, 2.75) is 24.3 Å². The van der Waals surface area contributed by atoms with Crippen molar-refractivity contribution in [2.24, 2.45) is 5.92 Å². The molecule has 1 aromatic rings. The highest BCUT2D eigenvalue weighted by Gasteiger charge is 2.24. The number of benzene rings is 1. The van der Waals surface area contributed by atoms with Crippen LogP contribution in [0.3, 0.4) is 0 Å². The van der Waals surface area contributed by atoms with Gasteiger partial charge in [-0.25, -0.2) is 12.7 Å². The summed E-state index contributed by atoms with van der Waals surface area (Å²) < 4.78 is 36.0. The normalized spacial score (nSPS) is 15.7. The van der Waals surface area contributed by atoms with Gasteiger partial charge in [0, 0.05) is 33.9 Å². The van der Waals surface area contributed by atoms with Gasteiger partial charge in [0.2, 0.25) is 10.0 Å².